The van der Waals surface area contributed by atoms with Crippen LogP contribution in [-0.4, -0.2) is 50.3 Å². The van der Waals surface area contributed by atoms with Gasteiger partial charge < -0.3 is 9.64 Å². The normalized spacial score (nSPS) is 11.9. The largest absolute Gasteiger partial charge is 0.383 e. The molecule has 1 amide bonds. The number of amides is 1. The maximum atomic E-state index is 13.4. The number of benzene rings is 2. The molecule has 0 saturated carbocycles. The van der Waals surface area contributed by atoms with Gasteiger partial charge in [-0.05, 0) is 53.3 Å². The van der Waals surface area contributed by atoms with E-state index in [1.165, 1.54) is 36.7 Å². The molecule has 3 aromatic rings. The van der Waals surface area contributed by atoms with Crippen molar-refractivity contribution >= 4 is 33.3 Å². The Morgan fingerprint density at radius 1 is 1.06 bits per heavy atom. The lowest BCUT2D eigenvalue weighted by molar-refractivity contribution is -0.132. The number of carbonyl (C=O) groups excluding carboxylic acids is 1. The summed E-state index contributed by atoms with van der Waals surface area (Å²) in [6.45, 7) is 2.37. The van der Waals surface area contributed by atoms with E-state index in [9.17, 15) is 17.6 Å². The number of methoxy groups -OCH3 is 1. The van der Waals surface area contributed by atoms with Gasteiger partial charge in [0.1, 0.15) is 5.82 Å². The van der Waals surface area contributed by atoms with Crippen LogP contribution in [0.3, 0.4) is 0 Å². The van der Waals surface area contributed by atoms with Crippen LogP contribution in [0.4, 0.5) is 4.39 Å². The molecule has 2 aromatic carbocycles. The van der Waals surface area contributed by atoms with Gasteiger partial charge in [-0.2, -0.15) is 4.31 Å². The van der Waals surface area contributed by atoms with E-state index in [0.29, 0.717) is 6.54 Å². The Hall–Kier alpha value is -2.85. The van der Waals surface area contributed by atoms with Crippen molar-refractivity contribution in [1.29, 1.82) is 0 Å². The summed E-state index contributed by atoms with van der Waals surface area (Å²) < 4.78 is 45.8. The Bertz CT molecular complexity index is 1230. The second-order valence-electron chi connectivity index (χ2n) is 7.99. The third-order valence-electron chi connectivity index (χ3n) is 5.39. The van der Waals surface area contributed by atoms with Crippen LogP contribution in [0, 0.1) is 12.7 Å². The molecule has 0 atom stereocenters. The van der Waals surface area contributed by atoms with E-state index >= 15 is 0 Å². The topological polar surface area (TPSA) is 66.9 Å². The molecule has 3 rings (SSSR count). The van der Waals surface area contributed by atoms with Gasteiger partial charge >= 0.3 is 0 Å². The number of rotatable bonds is 12. The summed E-state index contributed by atoms with van der Waals surface area (Å²) in [5.74, 6) is -0.710. The number of aryl methyl sites for hydroxylation is 1. The first-order chi connectivity index (χ1) is 16.8. The van der Waals surface area contributed by atoms with Crippen molar-refractivity contribution < 1.29 is 22.3 Å². The summed E-state index contributed by atoms with van der Waals surface area (Å²) in [5.41, 5.74) is 2.55. The maximum absolute atomic E-state index is 13.4. The second kappa shape index (κ2) is 12.7. The monoisotopic (exact) mass is 516 g/mol. The van der Waals surface area contributed by atoms with Crippen molar-refractivity contribution in [3.63, 3.8) is 0 Å². The highest BCUT2D eigenvalue weighted by Crippen LogP contribution is 2.20. The SMILES string of the molecule is COCCN(CC(=O)N(Cc1ccc(F)cc1)Cc1sccc1C)S(=O)(=O)/C=C/c1ccccc1. The number of ether oxygens (including phenoxy) is 1. The molecule has 186 valence electrons. The fraction of sp³-hybridized carbons (Fsp3) is 0.269. The lowest BCUT2D eigenvalue weighted by atomic mass is 10.2. The summed E-state index contributed by atoms with van der Waals surface area (Å²) in [4.78, 5) is 16.0. The second-order valence-corrected chi connectivity index (χ2v) is 10.8. The van der Waals surface area contributed by atoms with E-state index in [1.54, 1.807) is 29.2 Å². The predicted molar refractivity (Wildman–Crippen MR) is 138 cm³/mol. The fourth-order valence-corrected chi connectivity index (χ4v) is 5.38. The minimum Gasteiger partial charge on any atom is -0.383 e. The van der Waals surface area contributed by atoms with Gasteiger partial charge in [0.25, 0.3) is 0 Å². The first-order valence-electron chi connectivity index (χ1n) is 11.1. The van der Waals surface area contributed by atoms with Gasteiger partial charge in [-0.15, -0.1) is 11.3 Å². The van der Waals surface area contributed by atoms with Crippen LogP contribution in [0.5, 0.6) is 0 Å². The van der Waals surface area contributed by atoms with E-state index in [-0.39, 0.29) is 38.0 Å². The Morgan fingerprint density at radius 3 is 2.40 bits per heavy atom. The molecule has 6 nitrogen and oxygen atoms in total. The van der Waals surface area contributed by atoms with Crippen LogP contribution in [0.2, 0.25) is 0 Å². The zero-order chi connectivity index (χ0) is 25.3. The predicted octanol–water partition coefficient (Wildman–Crippen LogP) is 4.67. The molecule has 0 aliphatic carbocycles. The van der Waals surface area contributed by atoms with Gasteiger partial charge in [-0.1, -0.05) is 42.5 Å². The van der Waals surface area contributed by atoms with E-state index in [1.807, 2.05) is 36.6 Å². The van der Waals surface area contributed by atoms with Crippen LogP contribution >= 0.6 is 11.3 Å². The van der Waals surface area contributed by atoms with Crippen molar-refractivity contribution in [3.8, 4) is 0 Å². The average molecular weight is 517 g/mol. The Kier molecular flexibility index (Phi) is 9.73. The molecule has 35 heavy (non-hydrogen) atoms. The summed E-state index contributed by atoms with van der Waals surface area (Å²) >= 11 is 1.54. The van der Waals surface area contributed by atoms with E-state index in [2.05, 4.69) is 0 Å². The number of nitrogens with zero attached hydrogens (tertiary/aromatic N) is 2. The molecule has 0 N–H and O–H groups in total. The first kappa shape index (κ1) is 26.7. The number of hydrogen-bond donors (Lipinski definition) is 0. The third-order valence-corrected chi connectivity index (χ3v) is 7.91. The van der Waals surface area contributed by atoms with Crippen LogP contribution in [0.1, 0.15) is 21.6 Å². The molecule has 1 heterocycles. The number of thiophene rings is 1. The molecule has 0 spiro atoms. The summed E-state index contributed by atoms with van der Waals surface area (Å²) in [5, 5.41) is 3.06. The molecule has 0 aliphatic rings. The van der Waals surface area contributed by atoms with Crippen molar-refractivity contribution in [1.82, 2.24) is 9.21 Å². The van der Waals surface area contributed by atoms with Gasteiger partial charge in [0.2, 0.25) is 15.9 Å². The van der Waals surface area contributed by atoms with Gasteiger partial charge in [0.15, 0.2) is 0 Å². The molecule has 0 bridgehead atoms. The lowest BCUT2D eigenvalue weighted by Gasteiger charge is -2.26. The number of halogens is 1. The van der Waals surface area contributed by atoms with Gasteiger partial charge in [0.05, 0.1) is 19.7 Å². The Morgan fingerprint density at radius 2 is 1.77 bits per heavy atom. The van der Waals surface area contributed by atoms with Crippen LogP contribution in [-0.2, 0) is 32.6 Å². The highest BCUT2D eigenvalue weighted by molar-refractivity contribution is 7.92. The Labute approximate surface area is 210 Å². The molecule has 0 radical (unpaired) electrons. The van der Waals surface area contributed by atoms with Crippen LogP contribution in [0.15, 0.2) is 71.5 Å². The van der Waals surface area contributed by atoms with E-state index in [4.69, 9.17) is 4.74 Å². The lowest BCUT2D eigenvalue weighted by Crippen LogP contribution is -2.43. The number of sulfonamides is 1. The smallest absolute Gasteiger partial charge is 0.238 e. The highest BCUT2D eigenvalue weighted by atomic mass is 32.2. The molecule has 0 unspecified atom stereocenters. The fourth-order valence-electron chi connectivity index (χ4n) is 3.34. The minimum absolute atomic E-state index is 0.0339. The van der Waals surface area contributed by atoms with Crippen molar-refractivity contribution in [3.05, 3.63) is 98.8 Å². The summed E-state index contributed by atoms with van der Waals surface area (Å²) in [7, 11) is -2.41. The van der Waals surface area contributed by atoms with Crippen molar-refractivity contribution in [2.75, 3.05) is 26.8 Å². The molecule has 1 aromatic heterocycles. The van der Waals surface area contributed by atoms with Gasteiger partial charge in [-0.3, -0.25) is 4.79 Å². The standard InChI is InChI=1S/C26H29FN2O4S2/c1-21-12-16-34-25(21)19-28(18-23-8-10-24(27)11-9-23)26(30)20-29(14-15-33-2)35(31,32)17-13-22-6-4-3-5-7-22/h3-13,16-17H,14-15,18-20H2,1-2H3/b17-13+. The van der Waals surface area contributed by atoms with Crippen LogP contribution in [0.25, 0.3) is 6.08 Å². The quantitative estimate of drug-likeness (QED) is 0.351. The summed E-state index contributed by atoms with van der Waals surface area (Å²) in [6, 6.07) is 17.0. The molecule has 0 aliphatic heterocycles. The van der Waals surface area contributed by atoms with Crippen molar-refractivity contribution in [2.45, 2.75) is 20.0 Å². The van der Waals surface area contributed by atoms with Gasteiger partial charge in [0, 0.05) is 30.5 Å². The van der Waals surface area contributed by atoms with Crippen molar-refractivity contribution in [2.24, 2.45) is 0 Å². The Balaban J connectivity index is 1.83. The van der Waals surface area contributed by atoms with E-state index in [0.717, 1.165) is 31.3 Å². The van der Waals surface area contributed by atoms with E-state index < -0.39 is 10.0 Å². The van der Waals surface area contributed by atoms with Crippen LogP contribution < -0.4 is 0 Å². The maximum Gasteiger partial charge on any atom is 0.238 e. The average Bonchev–Trinajstić information content (AvgIpc) is 3.26. The third kappa shape index (κ3) is 8.10. The molecule has 9 heteroatoms. The minimum atomic E-state index is -3.89. The molecule has 0 fully saturated rings. The zero-order valence-corrected chi connectivity index (χ0v) is 21.4. The molecule has 0 saturated heterocycles. The molecular formula is C26H29FN2O4S2. The molecular weight excluding hydrogens is 487 g/mol. The number of hydrogen-bond acceptors (Lipinski definition) is 5. The highest BCUT2D eigenvalue weighted by Gasteiger charge is 2.26. The van der Waals surface area contributed by atoms with Gasteiger partial charge in [-0.25, -0.2) is 12.8 Å². The zero-order valence-electron chi connectivity index (χ0n) is 19.8. The first-order valence-corrected chi connectivity index (χ1v) is 13.4. The number of carbonyl (C=O) groups is 1. The summed E-state index contributed by atoms with van der Waals surface area (Å²) in [6.07, 6.45) is 1.50.